The Labute approximate surface area is 82.3 Å². The van der Waals surface area contributed by atoms with Crippen LogP contribution in [0.4, 0.5) is 0 Å². The van der Waals surface area contributed by atoms with Crippen molar-refractivity contribution in [2.24, 2.45) is 0 Å². The maximum atomic E-state index is 11.4. The Morgan fingerprint density at radius 2 is 2.00 bits per heavy atom. The van der Waals surface area contributed by atoms with E-state index in [1.807, 2.05) is 31.2 Å². The van der Waals surface area contributed by atoms with Crippen LogP contribution in [0.1, 0.15) is 5.69 Å². The lowest BCUT2D eigenvalue weighted by atomic mass is 10.2. The topological polar surface area (TPSA) is 39.8 Å². The molecule has 0 saturated carbocycles. The second kappa shape index (κ2) is 3.46. The van der Waals surface area contributed by atoms with Gasteiger partial charge in [-0.2, -0.15) is 4.73 Å². The smallest absolute Gasteiger partial charge is 0.242 e. The Morgan fingerprint density at radius 3 is 2.71 bits per heavy atom. The van der Waals surface area contributed by atoms with E-state index >= 15 is 0 Å². The quantitative estimate of drug-likeness (QED) is 0.502. The first-order valence-corrected chi connectivity index (χ1v) is 4.39. The molecule has 14 heavy (non-hydrogen) atoms. The van der Waals surface area contributed by atoms with Crippen LogP contribution in [0.2, 0.25) is 0 Å². The van der Waals surface area contributed by atoms with Gasteiger partial charge in [-0.05, 0) is 25.1 Å². The van der Waals surface area contributed by atoms with Crippen LogP contribution in [0, 0.1) is 12.1 Å². The van der Waals surface area contributed by atoms with Crippen molar-refractivity contribution in [3.05, 3.63) is 53.5 Å². The minimum absolute atomic E-state index is 0.580. The molecule has 2 aromatic heterocycles. The first-order valence-electron chi connectivity index (χ1n) is 4.39. The highest BCUT2D eigenvalue weighted by atomic mass is 16.5. The summed E-state index contributed by atoms with van der Waals surface area (Å²) in [6.45, 7) is 1.90. The van der Waals surface area contributed by atoms with Crippen LogP contribution < -0.4 is 4.73 Å². The number of aromatic nitrogens is 2. The fourth-order valence-corrected chi connectivity index (χ4v) is 1.31. The predicted octanol–water partition coefficient (Wildman–Crippen LogP) is 1.69. The van der Waals surface area contributed by atoms with Gasteiger partial charge < -0.3 is 5.21 Å². The molecule has 0 N–H and O–H groups in total. The molecule has 3 nitrogen and oxygen atoms in total. The van der Waals surface area contributed by atoms with Crippen molar-refractivity contribution in [2.75, 3.05) is 0 Å². The van der Waals surface area contributed by atoms with Crippen molar-refractivity contribution in [3.63, 3.8) is 0 Å². The largest absolute Gasteiger partial charge is 0.618 e. The highest BCUT2D eigenvalue weighted by molar-refractivity contribution is 5.50. The average molecular weight is 186 g/mol. The number of nitrogens with zero attached hydrogens (tertiary/aromatic N) is 2. The monoisotopic (exact) mass is 186 g/mol. The number of pyridine rings is 2. The van der Waals surface area contributed by atoms with Crippen LogP contribution >= 0.6 is 0 Å². The van der Waals surface area contributed by atoms with Crippen LogP contribution in [0.5, 0.6) is 0 Å². The maximum Gasteiger partial charge on any atom is 0.242 e. The summed E-state index contributed by atoms with van der Waals surface area (Å²) in [5.41, 5.74) is 2.20. The molecule has 0 fully saturated rings. The van der Waals surface area contributed by atoms with Gasteiger partial charge in [-0.15, -0.1) is 0 Å². The van der Waals surface area contributed by atoms with Crippen LogP contribution in [-0.4, -0.2) is 4.98 Å². The lowest BCUT2D eigenvalue weighted by Gasteiger charge is -2.02. The van der Waals surface area contributed by atoms with E-state index in [4.69, 9.17) is 0 Å². The van der Waals surface area contributed by atoms with E-state index in [1.165, 1.54) is 6.20 Å². The summed E-state index contributed by atoms with van der Waals surface area (Å²) in [5, 5.41) is 11.4. The molecule has 3 heteroatoms. The number of hydrogen-bond acceptors (Lipinski definition) is 2. The maximum absolute atomic E-state index is 11.4. The van der Waals surface area contributed by atoms with Gasteiger partial charge in [-0.25, -0.2) is 4.98 Å². The third-order valence-electron chi connectivity index (χ3n) is 1.97. The van der Waals surface area contributed by atoms with Gasteiger partial charge in [0.05, 0.1) is 0 Å². The van der Waals surface area contributed by atoms with Crippen LogP contribution in [0.25, 0.3) is 11.4 Å². The van der Waals surface area contributed by atoms with E-state index in [0.717, 1.165) is 10.4 Å². The molecule has 0 radical (unpaired) electrons. The standard InChI is InChI=1S/C11H10N2O/c1-9-5-4-6-10(12-9)11-7-2-3-8-13(11)14/h2-8H,1H3. The van der Waals surface area contributed by atoms with Crippen molar-refractivity contribution in [1.29, 1.82) is 0 Å². The molecule has 0 saturated heterocycles. The van der Waals surface area contributed by atoms with Crippen molar-refractivity contribution >= 4 is 0 Å². The Balaban J connectivity index is 2.55. The lowest BCUT2D eigenvalue weighted by Crippen LogP contribution is -2.28. The molecule has 0 aliphatic carbocycles. The van der Waals surface area contributed by atoms with E-state index in [0.29, 0.717) is 11.4 Å². The zero-order valence-electron chi connectivity index (χ0n) is 7.84. The van der Waals surface area contributed by atoms with Crippen LogP contribution in [-0.2, 0) is 0 Å². The second-order valence-electron chi connectivity index (χ2n) is 3.08. The van der Waals surface area contributed by atoms with Crippen LogP contribution in [0.15, 0.2) is 42.6 Å². The average Bonchev–Trinajstić information content (AvgIpc) is 2.18. The molecule has 0 aromatic carbocycles. The van der Waals surface area contributed by atoms with E-state index in [2.05, 4.69) is 4.98 Å². The molecule has 2 aromatic rings. The molecular weight excluding hydrogens is 176 g/mol. The lowest BCUT2D eigenvalue weighted by molar-refractivity contribution is -0.593. The summed E-state index contributed by atoms with van der Waals surface area (Å²) in [5.74, 6) is 0. The van der Waals surface area contributed by atoms with Gasteiger partial charge in [0.2, 0.25) is 5.69 Å². The van der Waals surface area contributed by atoms with Gasteiger partial charge in [-0.1, -0.05) is 6.07 Å². The molecule has 0 spiro atoms. The molecule has 0 unspecified atom stereocenters. The fourth-order valence-electron chi connectivity index (χ4n) is 1.31. The SMILES string of the molecule is Cc1cccc(-c2cccc[n+]2[O-])n1. The van der Waals surface area contributed by atoms with Crippen molar-refractivity contribution in [3.8, 4) is 11.4 Å². The van der Waals surface area contributed by atoms with Crippen LogP contribution in [0.3, 0.4) is 0 Å². The molecule has 0 aliphatic heterocycles. The van der Waals surface area contributed by atoms with Crippen molar-refractivity contribution in [1.82, 2.24) is 4.98 Å². The zero-order chi connectivity index (χ0) is 9.97. The Kier molecular flexibility index (Phi) is 2.14. The van der Waals surface area contributed by atoms with Gasteiger partial charge in [0.25, 0.3) is 0 Å². The normalized spacial score (nSPS) is 10.1. The number of rotatable bonds is 1. The number of hydrogen-bond donors (Lipinski definition) is 0. The molecule has 0 atom stereocenters. The highest BCUT2D eigenvalue weighted by Crippen LogP contribution is 2.11. The van der Waals surface area contributed by atoms with Crippen molar-refractivity contribution < 1.29 is 4.73 Å². The molecular formula is C11H10N2O. The Bertz CT molecular complexity index is 455. The minimum atomic E-state index is 0.580. The van der Waals surface area contributed by atoms with Gasteiger partial charge >= 0.3 is 0 Å². The first kappa shape index (κ1) is 8.69. The predicted molar refractivity (Wildman–Crippen MR) is 53.4 cm³/mol. The van der Waals surface area contributed by atoms with E-state index in [9.17, 15) is 5.21 Å². The van der Waals surface area contributed by atoms with E-state index in [1.54, 1.807) is 12.1 Å². The summed E-state index contributed by atoms with van der Waals surface area (Å²) < 4.78 is 0.821. The van der Waals surface area contributed by atoms with Gasteiger partial charge in [0.15, 0.2) is 6.20 Å². The van der Waals surface area contributed by atoms with Gasteiger partial charge in [0.1, 0.15) is 5.69 Å². The summed E-state index contributed by atoms with van der Waals surface area (Å²) in [7, 11) is 0. The zero-order valence-corrected chi connectivity index (χ0v) is 7.84. The van der Waals surface area contributed by atoms with Crippen molar-refractivity contribution in [2.45, 2.75) is 6.92 Å². The summed E-state index contributed by atoms with van der Waals surface area (Å²) in [6.07, 6.45) is 1.47. The summed E-state index contributed by atoms with van der Waals surface area (Å²) in [6, 6.07) is 10.9. The Morgan fingerprint density at radius 1 is 1.14 bits per heavy atom. The van der Waals surface area contributed by atoms with E-state index < -0.39 is 0 Å². The molecule has 2 rings (SSSR count). The molecule has 70 valence electrons. The molecule has 2 heterocycles. The molecule has 0 bridgehead atoms. The molecule has 0 aliphatic rings. The van der Waals surface area contributed by atoms with Gasteiger partial charge in [-0.3, -0.25) is 0 Å². The van der Waals surface area contributed by atoms with Gasteiger partial charge in [0, 0.05) is 17.8 Å². The third kappa shape index (κ3) is 1.57. The minimum Gasteiger partial charge on any atom is -0.618 e. The first-order chi connectivity index (χ1) is 6.77. The number of aryl methyl sites for hydroxylation is 1. The fraction of sp³-hybridized carbons (Fsp3) is 0.0909. The molecule has 0 amide bonds. The Hall–Kier alpha value is -1.90. The highest BCUT2D eigenvalue weighted by Gasteiger charge is 2.07. The third-order valence-corrected chi connectivity index (χ3v) is 1.97. The van der Waals surface area contributed by atoms with E-state index in [-0.39, 0.29) is 0 Å². The summed E-state index contributed by atoms with van der Waals surface area (Å²) in [4.78, 5) is 4.28. The summed E-state index contributed by atoms with van der Waals surface area (Å²) >= 11 is 0. The second-order valence-corrected chi connectivity index (χ2v) is 3.08.